The fraction of sp³-hybridized carbons (Fsp3) is 0.333. The first-order valence-corrected chi connectivity index (χ1v) is 3.74. The number of benzene rings is 1. The van der Waals surface area contributed by atoms with Gasteiger partial charge in [0.25, 0.3) is 0 Å². The predicted octanol–water partition coefficient (Wildman–Crippen LogP) is 1.33. The molecule has 11 heavy (non-hydrogen) atoms. The molecule has 2 heteroatoms. The summed E-state index contributed by atoms with van der Waals surface area (Å²) >= 11 is 0. The van der Waals surface area contributed by atoms with Crippen LogP contribution >= 0.6 is 0 Å². The second-order valence-corrected chi connectivity index (χ2v) is 2.83. The Hall–Kier alpha value is -1.02. The minimum absolute atomic E-state index is 0.336. The van der Waals surface area contributed by atoms with Crippen molar-refractivity contribution in [2.45, 2.75) is 12.5 Å². The summed E-state index contributed by atoms with van der Waals surface area (Å²) in [5, 5.41) is 9.11. The van der Waals surface area contributed by atoms with Crippen LogP contribution in [0.1, 0.15) is 5.56 Å². The number of aromatic hydroxyl groups is 1. The van der Waals surface area contributed by atoms with Crippen LogP contribution in [0.2, 0.25) is 0 Å². The molecule has 1 aromatic carbocycles. The highest BCUT2D eigenvalue weighted by Crippen LogP contribution is 2.18. The maximum Gasteiger partial charge on any atom is 0.115 e. The second-order valence-electron chi connectivity index (χ2n) is 2.83. The van der Waals surface area contributed by atoms with Crippen LogP contribution in [0, 0.1) is 0 Å². The van der Waals surface area contributed by atoms with Crippen LogP contribution in [0.4, 0.5) is 0 Å². The van der Waals surface area contributed by atoms with Gasteiger partial charge in [0, 0.05) is 6.42 Å². The maximum absolute atomic E-state index is 9.11. The van der Waals surface area contributed by atoms with Gasteiger partial charge in [-0.1, -0.05) is 12.1 Å². The first kappa shape index (κ1) is 6.68. The van der Waals surface area contributed by atoms with E-state index < -0.39 is 0 Å². The molecule has 2 rings (SSSR count). The Morgan fingerprint density at radius 3 is 3.00 bits per heavy atom. The molecular formula is C9H10O2. The van der Waals surface area contributed by atoms with Crippen molar-refractivity contribution in [2.75, 3.05) is 6.61 Å². The molecule has 0 spiro atoms. The number of phenolic OH excluding ortho intramolecular Hbond substituents is 1. The van der Waals surface area contributed by atoms with Gasteiger partial charge < -0.3 is 9.84 Å². The van der Waals surface area contributed by atoms with Crippen molar-refractivity contribution in [3.8, 4) is 5.75 Å². The van der Waals surface area contributed by atoms with E-state index in [1.165, 1.54) is 0 Å². The van der Waals surface area contributed by atoms with Gasteiger partial charge in [-0.3, -0.25) is 0 Å². The molecule has 1 heterocycles. The smallest absolute Gasteiger partial charge is 0.115 e. The largest absolute Gasteiger partial charge is 0.508 e. The van der Waals surface area contributed by atoms with Crippen molar-refractivity contribution < 1.29 is 9.84 Å². The number of hydrogen-bond donors (Lipinski definition) is 1. The monoisotopic (exact) mass is 150 g/mol. The average molecular weight is 150 g/mol. The second kappa shape index (κ2) is 2.55. The van der Waals surface area contributed by atoms with Gasteiger partial charge in [0.05, 0.1) is 12.7 Å². The fourth-order valence-corrected chi connectivity index (χ4v) is 1.13. The zero-order chi connectivity index (χ0) is 7.68. The van der Waals surface area contributed by atoms with Crippen LogP contribution in [0.5, 0.6) is 5.75 Å². The number of rotatable bonds is 2. The Morgan fingerprint density at radius 2 is 2.36 bits per heavy atom. The highest BCUT2D eigenvalue weighted by atomic mass is 16.6. The van der Waals surface area contributed by atoms with Crippen molar-refractivity contribution in [2.24, 2.45) is 0 Å². The van der Waals surface area contributed by atoms with Crippen molar-refractivity contribution >= 4 is 0 Å². The minimum atomic E-state index is 0.336. The topological polar surface area (TPSA) is 32.8 Å². The van der Waals surface area contributed by atoms with Gasteiger partial charge in [-0.05, 0) is 17.7 Å². The van der Waals surface area contributed by atoms with E-state index in [9.17, 15) is 0 Å². The lowest BCUT2D eigenvalue weighted by molar-refractivity contribution is 0.407. The molecule has 2 nitrogen and oxygen atoms in total. The van der Waals surface area contributed by atoms with E-state index in [2.05, 4.69) is 0 Å². The van der Waals surface area contributed by atoms with Crippen LogP contribution in [0.3, 0.4) is 0 Å². The standard InChI is InChI=1S/C9H10O2/c10-8-3-1-2-7(4-8)5-9-6-11-9/h1-4,9-10H,5-6H2. The van der Waals surface area contributed by atoms with Gasteiger partial charge in [-0.25, -0.2) is 0 Å². The summed E-state index contributed by atoms with van der Waals surface area (Å²) in [6, 6.07) is 7.31. The van der Waals surface area contributed by atoms with E-state index in [0.717, 1.165) is 18.6 Å². The molecule has 0 radical (unpaired) electrons. The van der Waals surface area contributed by atoms with Gasteiger partial charge in [0.15, 0.2) is 0 Å². The third-order valence-electron chi connectivity index (χ3n) is 1.78. The molecule has 1 fully saturated rings. The van der Waals surface area contributed by atoms with Gasteiger partial charge in [-0.15, -0.1) is 0 Å². The normalized spacial score (nSPS) is 21.6. The molecule has 0 bridgehead atoms. The molecule has 0 aromatic heterocycles. The van der Waals surface area contributed by atoms with E-state index in [-0.39, 0.29) is 0 Å². The molecular weight excluding hydrogens is 140 g/mol. The molecule has 1 aliphatic heterocycles. The number of epoxide rings is 1. The van der Waals surface area contributed by atoms with Gasteiger partial charge in [0.2, 0.25) is 0 Å². The van der Waals surface area contributed by atoms with Crippen LogP contribution in [0.25, 0.3) is 0 Å². The molecule has 58 valence electrons. The predicted molar refractivity (Wildman–Crippen MR) is 41.6 cm³/mol. The van der Waals surface area contributed by atoms with Crippen molar-refractivity contribution in [1.82, 2.24) is 0 Å². The summed E-state index contributed by atoms with van der Waals surface area (Å²) in [6.45, 7) is 0.871. The quantitative estimate of drug-likeness (QED) is 0.645. The lowest BCUT2D eigenvalue weighted by Crippen LogP contribution is -1.91. The maximum atomic E-state index is 9.11. The van der Waals surface area contributed by atoms with E-state index >= 15 is 0 Å². The molecule has 0 aliphatic carbocycles. The molecule has 1 aliphatic rings. The highest BCUT2D eigenvalue weighted by Gasteiger charge is 2.22. The van der Waals surface area contributed by atoms with Gasteiger partial charge in [0.1, 0.15) is 5.75 Å². The highest BCUT2D eigenvalue weighted by molar-refractivity contribution is 5.27. The zero-order valence-corrected chi connectivity index (χ0v) is 6.16. The van der Waals surface area contributed by atoms with E-state index in [1.807, 2.05) is 12.1 Å². The minimum Gasteiger partial charge on any atom is -0.508 e. The Labute approximate surface area is 65.4 Å². The van der Waals surface area contributed by atoms with Gasteiger partial charge >= 0.3 is 0 Å². The third-order valence-corrected chi connectivity index (χ3v) is 1.78. The van der Waals surface area contributed by atoms with E-state index in [0.29, 0.717) is 11.9 Å². The first-order valence-electron chi connectivity index (χ1n) is 3.74. The average Bonchev–Trinajstić information content (AvgIpc) is 2.71. The lowest BCUT2D eigenvalue weighted by atomic mass is 10.1. The number of hydrogen-bond acceptors (Lipinski definition) is 2. The summed E-state index contributed by atoms with van der Waals surface area (Å²) in [6.07, 6.45) is 1.32. The van der Waals surface area contributed by atoms with Crippen molar-refractivity contribution in [3.05, 3.63) is 29.8 Å². The molecule has 1 atom stereocenters. The Balaban J connectivity index is 2.10. The van der Waals surface area contributed by atoms with Crippen molar-refractivity contribution in [1.29, 1.82) is 0 Å². The number of ether oxygens (including phenoxy) is 1. The molecule has 1 unspecified atom stereocenters. The summed E-state index contributed by atoms with van der Waals surface area (Å²) in [5.41, 5.74) is 1.15. The first-order chi connectivity index (χ1) is 5.34. The third kappa shape index (κ3) is 1.71. The fourth-order valence-electron chi connectivity index (χ4n) is 1.13. The molecule has 1 aromatic rings. The van der Waals surface area contributed by atoms with Crippen LogP contribution in [-0.4, -0.2) is 17.8 Å². The molecule has 0 amide bonds. The van der Waals surface area contributed by atoms with Crippen molar-refractivity contribution in [3.63, 3.8) is 0 Å². The summed E-state index contributed by atoms with van der Waals surface area (Å²) in [4.78, 5) is 0. The summed E-state index contributed by atoms with van der Waals surface area (Å²) in [5.74, 6) is 0.336. The summed E-state index contributed by atoms with van der Waals surface area (Å²) < 4.78 is 5.07. The van der Waals surface area contributed by atoms with E-state index in [4.69, 9.17) is 9.84 Å². The van der Waals surface area contributed by atoms with Crippen LogP contribution in [0.15, 0.2) is 24.3 Å². The molecule has 1 saturated heterocycles. The molecule has 1 N–H and O–H groups in total. The number of phenols is 1. The summed E-state index contributed by atoms with van der Waals surface area (Å²) in [7, 11) is 0. The zero-order valence-electron chi connectivity index (χ0n) is 6.16. The Bertz CT molecular complexity index is 253. The van der Waals surface area contributed by atoms with Crippen LogP contribution in [-0.2, 0) is 11.2 Å². The SMILES string of the molecule is Oc1cccc(CC2CO2)c1. The Morgan fingerprint density at radius 1 is 1.55 bits per heavy atom. The lowest BCUT2D eigenvalue weighted by Gasteiger charge is -1.97. The Kier molecular flexibility index (Phi) is 1.55. The van der Waals surface area contributed by atoms with Gasteiger partial charge in [-0.2, -0.15) is 0 Å². The van der Waals surface area contributed by atoms with Crippen LogP contribution < -0.4 is 0 Å². The molecule has 0 saturated carbocycles. The van der Waals surface area contributed by atoms with E-state index in [1.54, 1.807) is 12.1 Å².